The first kappa shape index (κ1) is 34.3. The molecule has 1 aliphatic heterocycles. The molecular formula is C30H37ClN6O6S. The van der Waals surface area contributed by atoms with E-state index in [0.717, 1.165) is 10.3 Å². The van der Waals surface area contributed by atoms with Crippen molar-refractivity contribution in [3.63, 3.8) is 0 Å². The van der Waals surface area contributed by atoms with Crippen LogP contribution in [0.5, 0.6) is 0 Å². The first-order chi connectivity index (χ1) is 20.4. The van der Waals surface area contributed by atoms with Gasteiger partial charge >= 0.3 is 5.97 Å². The Morgan fingerprint density at radius 1 is 1.02 bits per heavy atom. The maximum absolute atomic E-state index is 13.9. The van der Waals surface area contributed by atoms with E-state index in [1.807, 2.05) is 12.1 Å². The summed E-state index contributed by atoms with van der Waals surface area (Å²) < 4.78 is 29.6. The van der Waals surface area contributed by atoms with Gasteiger partial charge in [0.2, 0.25) is 21.8 Å². The SMILES string of the molecule is CN(C(=O)C[C@H](NS(=O)(=O)c1ccc2ccccc2c1)C(=O)N(CC(=O)O)Cc1ccccc1)C1CCN(C(=N)N)CC1.Cl. The Bertz CT molecular complexity index is 1600. The summed E-state index contributed by atoms with van der Waals surface area (Å²) in [6.45, 7) is 0.194. The number of halogens is 1. The Kier molecular flexibility index (Phi) is 11.7. The van der Waals surface area contributed by atoms with Gasteiger partial charge in [0, 0.05) is 32.7 Å². The van der Waals surface area contributed by atoms with Crippen LogP contribution < -0.4 is 10.5 Å². The Morgan fingerprint density at radius 3 is 2.25 bits per heavy atom. The second kappa shape index (κ2) is 15.0. The van der Waals surface area contributed by atoms with Crippen molar-refractivity contribution in [2.75, 3.05) is 26.7 Å². The molecule has 0 spiro atoms. The molecule has 3 aromatic rings. The monoisotopic (exact) mass is 644 g/mol. The summed E-state index contributed by atoms with van der Waals surface area (Å²) >= 11 is 0. The minimum absolute atomic E-state index is 0. The predicted molar refractivity (Wildman–Crippen MR) is 169 cm³/mol. The Labute approximate surface area is 262 Å². The van der Waals surface area contributed by atoms with Gasteiger partial charge < -0.3 is 25.5 Å². The van der Waals surface area contributed by atoms with Gasteiger partial charge in [-0.3, -0.25) is 19.8 Å². The van der Waals surface area contributed by atoms with Gasteiger partial charge in [-0.2, -0.15) is 4.72 Å². The number of likely N-dealkylation sites (tertiary alicyclic amines) is 1. The highest BCUT2D eigenvalue weighted by atomic mass is 35.5. The highest BCUT2D eigenvalue weighted by Crippen LogP contribution is 2.21. The first-order valence-corrected chi connectivity index (χ1v) is 15.3. The van der Waals surface area contributed by atoms with Crippen molar-refractivity contribution in [3.05, 3.63) is 78.4 Å². The number of aliphatic carboxylic acids is 1. The third-order valence-corrected chi connectivity index (χ3v) is 9.08. The zero-order valence-corrected chi connectivity index (χ0v) is 25.9. The molecule has 44 heavy (non-hydrogen) atoms. The van der Waals surface area contributed by atoms with Crippen molar-refractivity contribution < 1.29 is 27.9 Å². The number of carbonyl (C=O) groups excluding carboxylic acids is 2. The second-order valence-corrected chi connectivity index (χ2v) is 12.3. The van der Waals surface area contributed by atoms with Gasteiger partial charge in [0.25, 0.3) is 0 Å². The van der Waals surface area contributed by atoms with E-state index in [9.17, 15) is 27.9 Å². The summed E-state index contributed by atoms with van der Waals surface area (Å²) in [5.74, 6) is -2.63. The maximum Gasteiger partial charge on any atom is 0.323 e. The normalized spacial score (nSPS) is 14.3. The third-order valence-electron chi connectivity index (χ3n) is 7.61. The summed E-state index contributed by atoms with van der Waals surface area (Å²) in [7, 11) is -2.71. The number of guanidine groups is 1. The largest absolute Gasteiger partial charge is 0.480 e. The fraction of sp³-hybridized carbons (Fsp3) is 0.333. The molecule has 0 aliphatic carbocycles. The average molecular weight is 645 g/mol. The topological polar surface area (TPSA) is 177 Å². The molecule has 12 nitrogen and oxygen atoms in total. The van der Waals surface area contributed by atoms with Gasteiger partial charge in [0.1, 0.15) is 12.6 Å². The minimum atomic E-state index is -4.30. The van der Waals surface area contributed by atoms with Gasteiger partial charge in [-0.25, -0.2) is 8.42 Å². The number of rotatable bonds is 11. The van der Waals surface area contributed by atoms with Crippen molar-refractivity contribution in [1.29, 1.82) is 5.41 Å². The van der Waals surface area contributed by atoms with Gasteiger partial charge in [0.05, 0.1) is 11.3 Å². The number of nitrogens with zero attached hydrogens (tertiary/aromatic N) is 3. The summed E-state index contributed by atoms with van der Waals surface area (Å²) in [5.41, 5.74) is 6.23. The van der Waals surface area contributed by atoms with Crippen molar-refractivity contribution in [2.24, 2.45) is 5.73 Å². The van der Waals surface area contributed by atoms with Gasteiger partial charge in [-0.1, -0.05) is 60.7 Å². The Morgan fingerprint density at radius 2 is 1.64 bits per heavy atom. The van der Waals surface area contributed by atoms with E-state index < -0.39 is 46.8 Å². The number of carbonyl (C=O) groups is 3. The molecule has 0 unspecified atom stereocenters. The number of benzene rings is 3. The standard InChI is InChI=1S/C30H36N6O6S.ClH/c1-34(24-13-15-35(16-14-24)30(31)32)27(37)18-26(29(40)36(20-28(38)39)19-21-7-3-2-4-8-21)33-43(41,42)25-12-11-22-9-5-6-10-23(22)17-25;/h2-12,17,24,26,33H,13-16,18-20H2,1H3,(H3,31,32)(H,38,39);1H/t26-;/m0./s1. The lowest BCUT2D eigenvalue weighted by Crippen LogP contribution is -2.53. The zero-order valence-electron chi connectivity index (χ0n) is 24.3. The van der Waals surface area contributed by atoms with Gasteiger partial charge in [-0.05, 0) is 41.3 Å². The van der Waals surface area contributed by atoms with Crippen LogP contribution in [0.3, 0.4) is 0 Å². The quantitative estimate of drug-likeness (QED) is 0.181. The molecule has 14 heteroatoms. The maximum atomic E-state index is 13.9. The van der Waals surface area contributed by atoms with Crippen LogP contribution in [0, 0.1) is 5.41 Å². The number of nitrogens with two attached hydrogens (primary N) is 1. The van der Waals surface area contributed by atoms with Crippen LogP contribution in [0.15, 0.2) is 77.7 Å². The van der Waals surface area contributed by atoms with E-state index in [0.29, 0.717) is 36.9 Å². The van der Waals surface area contributed by atoms with E-state index in [2.05, 4.69) is 4.72 Å². The number of carboxylic acids is 1. The van der Waals surface area contributed by atoms with Crippen LogP contribution in [-0.2, 0) is 31.0 Å². The fourth-order valence-corrected chi connectivity index (χ4v) is 6.41. The van der Waals surface area contributed by atoms with E-state index in [1.165, 1.54) is 17.0 Å². The van der Waals surface area contributed by atoms with Crippen molar-refractivity contribution >= 4 is 56.9 Å². The number of amides is 2. The van der Waals surface area contributed by atoms with Crippen LogP contribution in [0.1, 0.15) is 24.8 Å². The molecule has 1 aliphatic rings. The summed E-state index contributed by atoms with van der Waals surface area (Å²) in [4.78, 5) is 43.2. The Hall–Kier alpha value is -4.20. The number of fused-ring (bicyclic) bond motifs is 1. The predicted octanol–water partition coefficient (Wildman–Crippen LogP) is 2.23. The number of hydrogen-bond donors (Lipinski definition) is 4. The number of piperidine rings is 1. The lowest BCUT2D eigenvalue weighted by Gasteiger charge is -2.37. The number of carboxylic acid groups (broad SMARTS) is 1. The lowest BCUT2D eigenvalue weighted by molar-refractivity contribution is -0.146. The number of hydrogen-bond acceptors (Lipinski definition) is 6. The van der Waals surface area contributed by atoms with E-state index >= 15 is 0 Å². The smallest absolute Gasteiger partial charge is 0.323 e. The zero-order chi connectivity index (χ0) is 31.1. The molecular weight excluding hydrogens is 608 g/mol. The molecule has 0 saturated carbocycles. The van der Waals surface area contributed by atoms with Crippen molar-refractivity contribution in [3.8, 4) is 0 Å². The minimum Gasteiger partial charge on any atom is -0.480 e. The molecule has 2 amide bonds. The van der Waals surface area contributed by atoms with Gasteiger partial charge in [0.15, 0.2) is 5.96 Å². The van der Waals surface area contributed by atoms with Crippen LogP contribution in [0.25, 0.3) is 10.8 Å². The third kappa shape index (κ3) is 8.68. The number of nitrogens with one attached hydrogen (secondary N) is 2. The Balaban J connectivity index is 0.00000529. The van der Waals surface area contributed by atoms with Crippen molar-refractivity contribution in [2.45, 2.75) is 42.8 Å². The van der Waals surface area contributed by atoms with Crippen molar-refractivity contribution in [1.82, 2.24) is 19.4 Å². The van der Waals surface area contributed by atoms with E-state index in [-0.39, 0.29) is 35.8 Å². The molecule has 0 aromatic heterocycles. The second-order valence-electron chi connectivity index (χ2n) is 10.6. The summed E-state index contributed by atoms with van der Waals surface area (Å²) in [6, 6.07) is 18.7. The van der Waals surface area contributed by atoms with Crippen LogP contribution in [0.4, 0.5) is 0 Å². The molecule has 236 valence electrons. The van der Waals surface area contributed by atoms with Gasteiger partial charge in [-0.15, -0.1) is 12.4 Å². The molecule has 3 aromatic carbocycles. The van der Waals surface area contributed by atoms with E-state index in [4.69, 9.17) is 11.1 Å². The van der Waals surface area contributed by atoms with Crippen LogP contribution in [0.2, 0.25) is 0 Å². The lowest BCUT2D eigenvalue weighted by atomic mass is 10.0. The molecule has 1 fully saturated rings. The molecule has 0 bridgehead atoms. The molecule has 4 rings (SSSR count). The highest BCUT2D eigenvalue weighted by molar-refractivity contribution is 7.89. The summed E-state index contributed by atoms with van der Waals surface area (Å²) in [6.07, 6.45) is 0.574. The number of sulfonamides is 1. The molecule has 1 saturated heterocycles. The molecule has 1 atom stereocenters. The average Bonchev–Trinajstić information content (AvgIpc) is 2.99. The van der Waals surface area contributed by atoms with E-state index in [1.54, 1.807) is 60.5 Å². The summed E-state index contributed by atoms with van der Waals surface area (Å²) in [5, 5.41) is 18.7. The van der Waals surface area contributed by atoms with Crippen LogP contribution in [-0.4, -0.2) is 90.7 Å². The van der Waals surface area contributed by atoms with Crippen LogP contribution >= 0.6 is 12.4 Å². The first-order valence-electron chi connectivity index (χ1n) is 13.8. The molecule has 1 heterocycles. The molecule has 5 N–H and O–H groups in total. The fourth-order valence-electron chi connectivity index (χ4n) is 5.18. The highest BCUT2D eigenvalue weighted by Gasteiger charge is 2.35. The molecule has 0 radical (unpaired) electrons.